The quantitative estimate of drug-likeness (QED) is 0.878. The van der Waals surface area contributed by atoms with E-state index in [-0.39, 0.29) is 22.4 Å². The van der Waals surface area contributed by atoms with Gasteiger partial charge in [-0.05, 0) is 37.0 Å². The highest BCUT2D eigenvalue weighted by molar-refractivity contribution is 7.89. The molecule has 3 N–H and O–H groups in total. The lowest BCUT2D eigenvalue weighted by Gasteiger charge is -2.13. The van der Waals surface area contributed by atoms with Crippen LogP contribution in [-0.2, 0) is 14.8 Å². The molecule has 1 aromatic rings. The summed E-state index contributed by atoms with van der Waals surface area (Å²) in [6.45, 7) is 1.77. The van der Waals surface area contributed by atoms with Crippen LogP contribution in [0.2, 0.25) is 0 Å². The van der Waals surface area contributed by atoms with Gasteiger partial charge in [0.25, 0.3) is 0 Å². The Morgan fingerprint density at radius 1 is 1.47 bits per heavy atom. The maximum atomic E-state index is 13.2. The fourth-order valence-electron chi connectivity index (χ4n) is 1.90. The van der Waals surface area contributed by atoms with Crippen molar-refractivity contribution in [1.82, 2.24) is 0 Å². The van der Waals surface area contributed by atoms with Gasteiger partial charge >= 0.3 is 0 Å². The highest BCUT2D eigenvalue weighted by Crippen LogP contribution is 2.37. The number of halogens is 1. The summed E-state index contributed by atoms with van der Waals surface area (Å²) in [5.74, 6) is -0.858. The van der Waals surface area contributed by atoms with Crippen molar-refractivity contribution < 1.29 is 17.6 Å². The zero-order chi connectivity index (χ0) is 14.2. The van der Waals surface area contributed by atoms with Crippen molar-refractivity contribution in [1.29, 1.82) is 0 Å². The van der Waals surface area contributed by atoms with Crippen molar-refractivity contribution in [3.05, 3.63) is 24.0 Å². The van der Waals surface area contributed by atoms with Gasteiger partial charge in [-0.3, -0.25) is 4.79 Å². The normalized spacial score (nSPS) is 17.0. The third-order valence-corrected chi connectivity index (χ3v) is 4.22. The molecular weight excluding hydrogens is 271 g/mol. The first-order chi connectivity index (χ1) is 8.79. The highest BCUT2D eigenvalue weighted by atomic mass is 32.2. The average Bonchev–Trinajstić information content (AvgIpc) is 3.10. The van der Waals surface area contributed by atoms with Crippen LogP contribution in [0.15, 0.2) is 23.1 Å². The maximum Gasteiger partial charge on any atom is 0.240 e. The topological polar surface area (TPSA) is 89.3 Å². The van der Waals surface area contributed by atoms with Gasteiger partial charge < -0.3 is 5.32 Å². The zero-order valence-electron chi connectivity index (χ0n) is 10.4. The molecule has 1 atom stereocenters. The number of anilines is 1. The Morgan fingerprint density at radius 2 is 2.11 bits per heavy atom. The first kappa shape index (κ1) is 14.0. The second-order valence-corrected chi connectivity index (χ2v) is 6.33. The lowest BCUT2D eigenvalue weighted by molar-refractivity contribution is -0.119. The van der Waals surface area contributed by atoms with Crippen LogP contribution in [0.3, 0.4) is 0 Å². The van der Waals surface area contributed by atoms with E-state index in [1.807, 2.05) is 0 Å². The molecule has 2 rings (SSSR count). The van der Waals surface area contributed by atoms with Crippen molar-refractivity contribution in [3.63, 3.8) is 0 Å². The summed E-state index contributed by atoms with van der Waals surface area (Å²) in [6, 6.07) is 2.99. The predicted molar refractivity (Wildman–Crippen MR) is 68.3 cm³/mol. The van der Waals surface area contributed by atoms with Crippen LogP contribution in [-0.4, -0.2) is 14.3 Å². The van der Waals surface area contributed by atoms with Gasteiger partial charge in [-0.25, -0.2) is 17.9 Å². The number of hydrogen-bond acceptors (Lipinski definition) is 3. The lowest BCUT2D eigenvalue weighted by Crippen LogP contribution is -2.24. The maximum absolute atomic E-state index is 13.2. The van der Waals surface area contributed by atoms with Crippen molar-refractivity contribution in [2.45, 2.75) is 24.7 Å². The number of carbonyl (C=O) groups is 1. The molecule has 0 aromatic heterocycles. The summed E-state index contributed by atoms with van der Waals surface area (Å²) in [4.78, 5) is 11.6. The fourth-order valence-corrected chi connectivity index (χ4v) is 2.58. The molecule has 0 radical (unpaired) electrons. The van der Waals surface area contributed by atoms with Crippen molar-refractivity contribution in [3.8, 4) is 0 Å². The van der Waals surface area contributed by atoms with Gasteiger partial charge in [0.1, 0.15) is 10.7 Å². The van der Waals surface area contributed by atoms with Crippen LogP contribution >= 0.6 is 0 Å². The molecule has 0 aliphatic heterocycles. The van der Waals surface area contributed by atoms with E-state index < -0.39 is 15.8 Å². The Labute approximate surface area is 111 Å². The van der Waals surface area contributed by atoms with Crippen molar-refractivity contribution in [2.75, 3.05) is 5.32 Å². The van der Waals surface area contributed by atoms with Crippen LogP contribution in [0.4, 0.5) is 10.1 Å². The van der Waals surface area contributed by atoms with E-state index in [0.717, 1.165) is 31.0 Å². The SMILES string of the molecule is CC(C(=O)Nc1cc(F)ccc1S(N)(=O)=O)C1CC1. The molecule has 1 aromatic carbocycles. The number of benzene rings is 1. The van der Waals surface area contributed by atoms with Crippen LogP contribution in [0, 0.1) is 17.7 Å². The number of nitrogens with two attached hydrogens (primary N) is 1. The van der Waals surface area contributed by atoms with Crippen LogP contribution < -0.4 is 10.5 Å². The molecule has 1 saturated carbocycles. The Bertz CT molecular complexity index is 611. The summed E-state index contributed by atoms with van der Waals surface area (Å²) < 4.78 is 35.9. The number of primary sulfonamides is 1. The molecule has 7 heteroatoms. The minimum atomic E-state index is -4.01. The number of nitrogens with one attached hydrogen (secondary N) is 1. The molecule has 1 aliphatic carbocycles. The minimum absolute atomic E-state index is 0.111. The monoisotopic (exact) mass is 286 g/mol. The van der Waals surface area contributed by atoms with E-state index in [9.17, 15) is 17.6 Å². The van der Waals surface area contributed by atoms with Gasteiger partial charge in [0.15, 0.2) is 0 Å². The van der Waals surface area contributed by atoms with E-state index >= 15 is 0 Å². The van der Waals surface area contributed by atoms with Crippen LogP contribution in [0.1, 0.15) is 19.8 Å². The predicted octanol–water partition coefficient (Wildman–Crippen LogP) is 1.46. The number of rotatable bonds is 4. The van der Waals surface area contributed by atoms with Gasteiger partial charge in [-0.2, -0.15) is 0 Å². The molecule has 0 heterocycles. The molecule has 1 aliphatic rings. The number of sulfonamides is 1. The third-order valence-electron chi connectivity index (χ3n) is 3.25. The number of hydrogen-bond donors (Lipinski definition) is 2. The van der Waals surface area contributed by atoms with Gasteiger partial charge in [-0.15, -0.1) is 0 Å². The summed E-state index contributed by atoms with van der Waals surface area (Å²) in [5.41, 5.74) is -0.111. The largest absolute Gasteiger partial charge is 0.325 e. The Hall–Kier alpha value is -1.47. The molecule has 0 saturated heterocycles. The fraction of sp³-hybridized carbons (Fsp3) is 0.417. The standard InChI is InChI=1S/C12H15FN2O3S/c1-7(8-2-3-8)12(16)15-10-6-9(13)4-5-11(10)19(14,17)18/h4-8H,2-3H2,1H3,(H,15,16)(H2,14,17,18). The summed E-state index contributed by atoms with van der Waals surface area (Å²) in [6.07, 6.45) is 1.97. The van der Waals surface area contributed by atoms with E-state index in [0.29, 0.717) is 5.92 Å². The molecule has 104 valence electrons. The van der Waals surface area contributed by atoms with Crippen LogP contribution in [0.25, 0.3) is 0 Å². The summed E-state index contributed by atoms with van der Waals surface area (Å²) in [5, 5.41) is 7.47. The van der Waals surface area contributed by atoms with Gasteiger partial charge in [0.05, 0.1) is 5.69 Å². The Kier molecular flexibility index (Phi) is 3.60. The summed E-state index contributed by atoms with van der Waals surface area (Å²) >= 11 is 0. The van der Waals surface area contributed by atoms with Gasteiger partial charge in [-0.1, -0.05) is 6.92 Å². The second-order valence-electron chi connectivity index (χ2n) is 4.80. The minimum Gasteiger partial charge on any atom is -0.325 e. The molecule has 19 heavy (non-hydrogen) atoms. The second kappa shape index (κ2) is 4.90. The Balaban J connectivity index is 2.28. The molecule has 1 fully saturated rings. The molecular formula is C12H15FN2O3S. The van der Waals surface area contributed by atoms with Crippen molar-refractivity contribution >= 4 is 21.6 Å². The zero-order valence-corrected chi connectivity index (χ0v) is 11.2. The summed E-state index contributed by atoms with van der Waals surface area (Å²) in [7, 11) is -4.01. The van der Waals surface area contributed by atoms with Gasteiger partial charge in [0.2, 0.25) is 15.9 Å². The average molecular weight is 286 g/mol. The van der Waals surface area contributed by atoms with E-state index in [4.69, 9.17) is 5.14 Å². The number of carbonyl (C=O) groups excluding carboxylic acids is 1. The lowest BCUT2D eigenvalue weighted by atomic mass is 10.1. The number of amides is 1. The molecule has 1 unspecified atom stereocenters. The molecule has 0 bridgehead atoms. The Morgan fingerprint density at radius 3 is 2.63 bits per heavy atom. The molecule has 0 spiro atoms. The molecule has 5 nitrogen and oxygen atoms in total. The first-order valence-corrected chi connectivity index (χ1v) is 7.47. The highest BCUT2D eigenvalue weighted by Gasteiger charge is 2.33. The van der Waals surface area contributed by atoms with E-state index in [1.54, 1.807) is 6.92 Å². The van der Waals surface area contributed by atoms with Crippen LogP contribution in [0.5, 0.6) is 0 Å². The van der Waals surface area contributed by atoms with Gasteiger partial charge in [0, 0.05) is 5.92 Å². The van der Waals surface area contributed by atoms with E-state index in [2.05, 4.69) is 5.32 Å². The molecule has 1 amide bonds. The first-order valence-electron chi connectivity index (χ1n) is 5.92. The third kappa shape index (κ3) is 3.30. The van der Waals surface area contributed by atoms with Crippen molar-refractivity contribution in [2.24, 2.45) is 17.0 Å². The smallest absolute Gasteiger partial charge is 0.240 e. The van der Waals surface area contributed by atoms with E-state index in [1.165, 1.54) is 0 Å².